The van der Waals surface area contributed by atoms with Gasteiger partial charge in [-0.05, 0) is 12.1 Å². The number of Topliss-reactive ketones (excluding diaryl/α,β-unsaturated/α-hetero) is 1. The third-order valence-corrected chi connectivity index (χ3v) is 3.87. The van der Waals surface area contributed by atoms with E-state index in [0.717, 1.165) is 4.68 Å². The highest BCUT2D eigenvalue weighted by atomic mass is 35.5. The number of nitrogen functional groups attached to an aromatic ring is 1. The minimum absolute atomic E-state index is 0.168. The van der Waals surface area contributed by atoms with Crippen molar-refractivity contribution < 1.29 is 18.0 Å². The van der Waals surface area contributed by atoms with Crippen molar-refractivity contribution in [1.29, 1.82) is 5.26 Å². The summed E-state index contributed by atoms with van der Waals surface area (Å²) in [6.45, 7) is 0. The second-order valence-electron chi connectivity index (χ2n) is 4.50. The molecule has 0 bridgehead atoms. The van der Waals surface area contributed by atoms with Gasteiger partial charge in [-0.15, -0.1) is 0 Å². The van der Waals surface area contributed by atoms with Crippen molar-refractivity contribution >= 4 is 47.4 Å². The van der Waals surface area contributed by atoms with E-state index in [1.54, 1.807) is 6.07 Å². The first-order valence-corrected chi connectivity index (χ1v) is 7.50. The Morgan fingerprint density at radius 3 is 2.33 bits per heavy atom. The minimum atomic E-state index is -4.65. The highest BCUT2D eigenvalue weighted by Crippen LogP contribution is 2.38. The number of nitrogens with zero attached hydrogens (tertiary/aromatic N) is 3. The van der Waals surface area contributed by atoms with Crippen LogP contribution in [0.4, 0.5) is 19.0 Å². The Morgan fingerprint density at radius 2 is 1.92 bits per heavy atom. The average molecular weight is 395 g/mol. The number of benzene rings is 1. The number of thiol groups is 1. The van der Waals surface area contributed by atoms with E-state index in [1.807, 2.05) is 0 Å². The van der Waals surface area contributed by atoms with Crippen LogP contribution >= 0.6 is 35.8 Å². The van der Waals surface area contributed by atoms with E-state index < -0.39 is 27.6 Å². The number of rotatable bonds is 3. The van der Waals surface area contributed by atoms with Crippen molar-refractivity contribution in [2.45, 2.75) is 6.18 Å². The molecular weight excluding hydrogens is 388 g/mol. The maximum absolute atomic E-state index is 12.8. The summed E-state index contributed by atoms with van der Waals surface area (Å²) in [5.41, 5.74) is 4.08. The van der Waals surface area contributed by atoms with Gasteiger partial charge in [-0.1, -0.05) is 23.2 Å². The number of nitrogens with two attached hydrogens (primary N) is 1. The molecule has 5 nitrogen and oxygen atoms in total. The molecular formula is C13H7Cl2F3N4OS. The lowest BCUT2D eigenvalue weighted by Crippen LogP contribution is -2.10. The van der Waals surface area contributed by atoms with Gasteiger partial charge in [0.2, 0.25) is 0 Å². The van der Waals surface area contributed by atoms with Crippen molar-refractivity contribution in [2.24, 2.45) is 0 Å². The lowest BCUT2D eigenvalue weighted by molar-refractivity contribution is -0.137. The molecule has 2 N–H and O–H groups in total. The summed E-state index contributed by atoms with van der Waals surface area (Å²) in [7, 11) is 0. The lowest BCUT2D eigenvalue weighted by Gasteiger charge is -2.13. The first kappa shape index (κ1) is 18.4. The number of alkyl halides is 3. The first-order chi connectivity index (χ1) is 11.1. The number of carbonyl (C=O) groups excluding carboxylic acids is 1. The van der Waals surface area contributed by atoms with Crippen LogP contribution in [0.1, 0.15) is 21.6 Å². The highest BCUT2D eigenvalue weighted by Gasteiger charge is 2.33. The maximum Gasteiger partial charge on any atom is 0.416 e. The molecule has 0 aliphatic heterocycles. The molecule has 126 valence electrons. The van der Waals surface area contributed by atoms with E-state index in [9.17, 15) is 18.0 Å². The molecule has 0 atom stereocenters. The Hall–Kier alpha value is -1.89. The maximum atomic E-state index is 12.8. The number of hydrogen-bond acceptors (Lipinski definition) is 5. The molecule has 2 aromatic rings. The summed E-state index contributed by atoms with van der Waals surface area (Å²) in [4.78, 5) is 11.8. The molecule has 0 aliphatic carbocycles. The topological polar surface area (TPSA) is 84.7 Å². The summed E-state index contributed by atoms with van der Waals surface area (Å²) < 4.78 is 39.2. The first-order valence-electron chi connectivity index (χ1n) is 6.11. The molecule has 0 amide bonds. The van der Waals surface area contributed by atoms with Crippen LogP contribution in [0.25, 0.3) is 5.69 Å². The zero-order valence-electron chi connectivity index (χ0n) is 11.5. The van der Waals surface area contributed by atoms with Crippen molar-refractivity contribution in [3.8, 4) is 11.8 Å². The van der Waals surface area contributed by atoms with Crippen molar-refractivity contribution in [2.75, 3.05) is 11.5 Å². The Bertz CT molecular complexity index is 850. The number of halogens is 5. The van der Waals surface area contributed by atoms with Gasteiger partial charge in [-0.25, -0.2) is 4.68 Å². The Kier molecular flexibility index (Phi) is 5.03. The fraction of sp³-hybridized carbons (Fsp3) is 0.154. The number of carbonyl (C=O) groups is 1. The largest absolute Gasteiger partial charge is 0.416 e. The van der Waals surface area contributed by atoms with Crippen molar-refractivity contribution in [1.82, 2.24) is 9.78 Å². The lowest BCUT2D eigenvalue weighted by atomic mass is 10.1. The van der Waals surface area contributed by atoms with E-state index in [0.29, 0.717) is 12.1 Å². The summed E-state index contributed by atoms with van der Waals surface area (Å²) in [6.07, 6.45) is -4.65. The van der Waals surface area contributed by atoms with Gasteiger partial charge in [-0.3, -0.25) is 4.79 Å². The van der Waals surface area contributed by atoms with Gasteiger partial charge in [0.1, 0.15) is 17.6 Å². The molecule has 2 rings (SSSR count). The van der Waals surface area contributed by atoms with Crippen LogP contribution in [-0.2, 0) is 6.18 Å². The summed E-state index contributed by atoms with van der Waals surface area (Å²) >= 11 is 15.6. The minimum Gasteiger partial charge on any atom is -0.383 e. The van der Waals surface area contributed by atoms with Crippen LogP contribution in [0.5, 0.6) is 0 Å². The average Bonchev–Trinajstić information content (AvgIpc) is 2.81. The second-order valence-corrected chi connectivity index (χ2v) is 5.63. The van der Waals surface area contributed by atoms with Gasteiger partial charge < -0.3 is 5.73 Å². The Morgan fingerprint density at radius 1 is 1.38 bits per heavy atom. The molecule has 1 heterocycles. The SMILES string of the molecule is N#Cc1nn(-c2c(Cl)cc(C(F)(F)F)cc2Cl)c(N)c1C(=O)CS. The Labute approximate surface area is 149 Å². The van der Waals surface area contributed by atoms with Gasteiger partial charge in [0.25, 0.3) is 0 Å². The van der Waals surface area contributed by atoms with E-state index in [1.165, 1.54) is 0 Å². The molecule has 11 heteroatoms. The molecule has 0 aliphatic rings. The fourth-order valence-electron chi connectivity index (χ4n) is 1.97. The van der Waals surface area contributed by atoms with Gasteiger partial charge in [0, 0.05) is 0 Å². The molecule has 0 fully saturated rings. The number of nitriles is 1. The van der Waals surface area contributed by atoms with Crippen LogP contribution in [0.3, 0.4) is 0 Å². The zero-order valence-corrected chi connectivity index (χ0v) is 13.9. The second kappa shape index (κ2) is 6.55. The molecule has 0 unspecified atom stereocenters. The monoisotopic (exact) mass is 394 g/mol. The van der Waals surface area contributed by atoms with E-state index >= 15 is 0 Å². The Balaban J connectivity index is 2.73. The number of anilines is 1. The van der Waals surface area contributed by atoms with Gasteiger partial charge in [0.05, 0.1) is 26.9 Å². The van der Waals surface area contributed by atoms with Gasteiger partial charge in [0.15, 0.2) is 11.5 Å². The van der Waals surface area contributed by atoms with Crippen molar-refractivity contribution in [3.63, 3.8) is 0 Å². The summed E-state index contributed by atoms with van der Waals surface area (Å²) in [5, 5.41) is 12.1. The molecule has 0 saturated heterocycles. The van der Waals surface area contributed by atoms with E-state index in [-0.39, 0.29) is 28.5 Å². The van der Waals surface area contributed by atoms with Crippen LogP contribution < -0.4 is 5.73 Å². The van der Waals surface area contributed by atoms with Crippen LogP contribution in [-0.4, -0.2) is 21.3 Å². The summed E-state index contributed by atoms with van der Waals surface area (Å²) in [6, 6.07) is 2.98. The van der Waals surface area contributed by atoms with Gasteiger partial charge >= 0.3 is 6.18 Å². The summed E-state index contributed by atoms with van der Waals surface area (Å²) in [5.74, 6) is -1.08. The standard InChI is InChI=1S/C13H7Cl2F3N4OS/c14-6-1-5(13(16,17)18)2-7(15)11(6)22-12(20)10(9(23)4-24)8(3-19)21-22/h1-2,24H,4,20H2. The highest BCUT2D eigenvalue weighted by molar-refractivity contribution is 7.81. The number of hydrogen-bond donors (Lipinski definition) is 2. The van der Waals surface area contributed by atoms with Gasteiger partial charge in [-0.2, -0.15) is 36.2 Å². The number of aromatic nitrogens is 2. The normalized spacial score (nSPS) is 11.4. The van der Waals surface area contributed by atoms with E-state index in [4.69, 9.17) is 34.2 Å². The quantitative estimate of drug-likeness (QED) is 0.612. The smallest absolute Gasteiger partial charge is 0.383 e. The zero-order chi connectivity index (χ0) is 18.2. The molecule has 0 saturated carbocycles. The predicted molar refractivity (Wildman–Crippen MR) is 85.9 cm³/mol. The third-order valence-electron chi connectivity index (χ3n) is 3.01. The van der Waals surface area contributed by atoms with Crippen LogP contribution in [0, 0.1) is 11.3 Å². The molecule has 0 radical (unpaired) electrons. The van der Waals surface area contributed by atoms with Crippen molar-refractivity contribution in [3.05, 3.63) is 39.0 Å². The molecule has 24 heavy (non-hydrogen) atoms. The molecule has 1 aromatic carbocycles. The molecule has 0 spiro atoms. The van der Waals surface area contributed by atoms with E-state index in [2.05, 4.69) is 17.7 Å². The van der Waals surface area contributed by atoms with Crippen LogP contribution in [0.15, 0.2) is 12.1 Å². The predicted octanol–water partition coefficient (Wildman–Crippen LogP) is 3.76. The van der Waals surface area contributed by atoms with Crippen LogP contribution in [0.2, 0.25) is 10.0 Å². The molecule has 1 aromatic heterocycles. The fourth-order valence-corrected chi connectivity index (χ4v) is 2.77. The third kappa shape index (κ3) is 3.17. The number of ketones is 1.